The van der Waals surface area contributed by atoms with Gasteiger partial charge in [-0.3, -0.25) is 4.79 Å². The van der Waals surface area contributed by atoms with Crippen LogP contribution in [0.25, 0.3) is 0 Å². The third-order valence-corrected chi connectivity index (χ3v) is 5.83. The minimum Gasteiger partial charge on any atom is -0.506 e. The van der Waals surface area contributed by atoms with Crippen LogP contribution in [0, 0.1) is 6.92 Å². The number of phenolic OH excluding ortho intramolecular Hbond substituents is 2. The van der Waals surface area contributed by atoms with Crippen molar-refractivity contribution in [2.75, 3.05) is 13.7 Å². The number of amides is 1. The van der Waals surface area contributed by atoms with Crippen molar-refractivity contribution < 1.29 is 24.5 Å². The van der Waals surface area contributed by atoms with Crippen molar-refractivity contribution in [1.29, 1.82) is 0 Å². The zero-order valence-electron chi connectivity index (χ0n) is 14.2. The van der Waals surface area contributed by atoms with Crippen LogP contribution < -0.4 is 14.9 Å². The molecule has 144 valence electrons. The van der Waals surface area contributed by atoms with Crippen LogP contribution in [0.2, 0.25) is 0 Å². The van der Waals surface area contributed by atoms with E-state index in [-0.39, 0.29) is 22.6 Å². The Bertz CT molecular complexity index is 874. The Kier molecular flexibility index (Phi) is 7.51. The number of ether oxygens (including phenoxy) is 2. The number of hydrogen-bond donors (Lipinski definition) is 3. The molecule has 0 atom stereocenters. The van der Waals surface area contributed by atoms with Gasteiger partial charge in [-0.2, -0.15) is 5.10 Å². The summed E-state index contributed by atoms with van der Waals surface area (Å²) in [5.74, 6) is 0.344. The predicted molar refractivity (Wildman–Crippen MR) is 112 cm³/mol. The number of nitrogens with one attached hydrogen (secondary N) is 1. The number of carbonyl (C=O) groups is 1. The number of rotatable bonds is 6. The van der Waals surface area contributed by atoms with Crippen molar-refractivity contribution in [3.8, 4) is 23.0 Å². The number of benzene rings is 2. The first kappa shape index (κ1) is 21.5. The summed E-state index contributed by atoms with van der Waals surface area (Å²) in [6.07, 6.45) is 1.28. The highest BCUT2D eigenvalue weighted by Crippen LogP contribution is 2.43. The second-order valence-electron chi connectivity index (χ2n) is 5.24. The maximum atomic E-state index is 11.9. The van der Waals surface area contributed by atoms with Gasteiger partial charge in [-0.15, -0.1) is 0 Å². The Morgan fingerprint density at radius 2 is 1.93 bits per heavy atom. The second kappa shape index (κ2) is 9.43. The molecule has 0 heterocycles. The van der Waals surface area contributed by atoms with E-state index in [4.69, 9.17) is 9.47 Å². The average molecular weight is 567 g/mol. The van der Waals surface area contributed by atoms with Crippen molar-refractivity contribution >= 4 is 59.9 Å². The molecule has 2 aromatic carbocycles. The Morgan fingerprint density at radius 3 is 2.56 bits per heavy atom. The highest BCUT2D eigenvalue weighted by atomic mass is 79.9. The van der Waals surface area contributed by atoms with Gasteiger partial charge in [0.25, 0.3) is 5.91 Å². The third kappa shape index (κ3) is 5.14. The molecule has 0 aliphatic rings. The summed E-state index contributed by atoms with van der Waals surface area (Å²) in [6.45, 7) is 1.43. The summed E-state index contributed by atoms with van der Waals surface area (Å²) in [6, 6.07) is 5.10. The summed E-state index contributed by atoms with van der Waals surface area (Å²) in [5.41, 5.74) is 3.21. The van der Waals surface area contributed by atoms with Gasteiger partial charge in [0.2, 0.25) is 0 Å². The lowest BCUT2D eigenvalue weighted by atomic mass is 10.1. The first-order valence-electron chi connectivity index (χ1n) is 7.44. The van der Waals surface area contributed by atoms with E-state index in [1.807, 2.05) is 0 Å². The van der Waals surface area contributed by atoms with Gasteiger partial charge in [0, 0.05) is 5.56 Å². The van der Waals surface area contributed by atoms with Crippen LogP contribution in [-0.2, 0) is 4.79 Å². The van der Waals surface area contributed by atoms with E-state index >= 15 is 0 Å². The Morgan fingerprint density at radius 1 is 1.22 bits per heavy atom. The van der Waals surface area contributed by atoms with Crippen molar-refractivity contribution in [3.63, 3.8) is 0 Å². The molecular formula is C17H15Br3N2O5. The van der Waals surface area contributed by atoms with E-state index < -0.39 is 5.91 Å². The summed E-state index contributed by atoms with van der Waals surface area (Å²) in [4.78, 5) is 11.9. The fraction of sp³-hybridized carbons (Fsp3) is 0.176. The maximum Gasteiger partial charge on any atom is 0.277 e. The van der Waals surface area contributed by atoms with Crippen molar-refractivity contribution in [1.82, 2.24) is 5.43 Å². The monoisotopic (exact) mass is 564 g/mol. The number of hydrogen-bond acceptors (Lipinski definition) is 6. The number of carbonyl (C=O) groups excluding carboxylic acids is 1. The fourth-order valence-corrected chi connectivity index (χ4v) is 3.59. The van der Waals surface area contributed by atoms with Crippen LogP contribution in [0.15, 0.2) is 36.7 Å². The molecule has 27 heavy (non-hydrogen) atoms. The van der Waals surface area contributed by atoms with E-state index in [1.54, 1.807) is 32.2 Å². The van der Waals surface area contributed by atoms with Gasteiger partial charge in [-0.25, -0.2) is 5.43 Å². The van der Waals surface area contributed by atoms with Crippen molar-refractivity contribution in [2.45, 2.75) is 6.92 Å². The summed E-state index contributed by atoms with van der Waals surface area (Å²) >= 11 is 9.65. The van der Waals surface area contributed by atoms with Gasteiger partial charge in [-0.05, 0) is 78.5 Å². The molecule has 0 radical (unpaired) electrons. The van der Waals surface area contributed by atoms with E-state index in [1.165, 1.54) is 6.21 Å². The van der Waals surface area contributed by atoms with Crippen LogP contribution in [0.3, 0.4) is 0 Å². The zero-order valence-corrected chi connectivity index (χ0v) is 19.0. The predicted octanol–water partition coefficient (Wildman–Crippen LogP) is 4.23. The van der Waals surface area contributed by atoms with Gasteiger partial charge in [-0.1, -0.05) is 0 Å². The number of methoxy groups -OCH3 is 1. The topological polar surface area (TPSA) is 100 Å². The number of nitrogens with zero attached hydrogens (tertiary/aromatic N) is 1. The molecule has 0 aliphatic carbocycles. The molecule has 2 aromatic rings. The lowest BCUT2D eigenvalue weighted by Gasteiger charge is -2.11. The largest absolute Gasteiger partial charge is 0.506 e. The highest BCUT2D eigenvalue weighted by Gasteiger charge is 2.17. The van der Waals surface area contributed by atoms with E-state index in [9.17, 15) is 15.0 Å². The van der Waals surface area contributed by atoms with Crippen LogP contribution >= 0.6 is 47.8 Å². The Balaban J connectivity index is 2.00. The molecule has 0 aliphatic heterocycles. The maximum absolute atomic E-state index is 11.9. The smallest absolute Gasteiger partial charge is 0.277 e. The molecule has 0 bridgehead atoms. The molecular weight excluding hydrogens is 552 g/mol. The standard InChI is InChI=1S/C17H15Br3N2O5/c1-8-10(16(24)15(20)17(25)14(8)19)6-21-22-13(23)7-27-12-4-3-9(26-2)5-11(12)18/h3-6,24-25H,7H2,1-2H3,(H,22,23). The number of halogens is 3. The summed E-state index contributed by atoms with van der Waals surface area (Å²) in [5, 5.41) is 23.8. The van der Waals surface area contributed by atoms with Crippen LogP contribution in [0.1, 0.15) is 11.1 Å². The quantitative estimate of drug-likeness (QED) is 0.359. The molecule has 0 aromatic heterocycles. The van der Waals surface area contributed by atoms with Crippen LogP contribution in [-0.4, -0.2) is 36.1 Å². The minimum absolute atomic E-state index is 0.121. The molecule has 0 fully saturated rings. The van der Waals surface area contributed by atoms with Crippen molar-refractivity contribution in [2.24, 2.45) is 5.10 Å². The van der Waals surface area contributed by atoms with Gasteiger partial charge in [0.15, 0.2) is 6.61 Å². The van der Waals surface area contributed by atoms with E-state index in [0.29, 0.717) is 31.6 Å². The molecule has 0 saturated carbocycles. The Hall–Kier alpha value is -1.78. The van der Waals surface area contributed by atoms with Gasteiger partial charge in [0.1, 0.15) is 27.5 Å². The minimum atomic E-state index is -0.483. The SMILES string of the molecule is COc1ccc(OCC(=O)NN=Cc2c(C)c(Br)c(O)c(Br)c2O)c(Br)c1. The first-order valence-corrected chi connectivity index (χ1v) is 9.81. The first-order chi connectivity index (χ1) is 12.8. The highest BCUT2D eigenvalue weighted by molar-refractivity contribution is 9.11. The molecule has 0 unspecified atom stereocenters. The molecule has 0 spiro atoms. The van der Waals surface area contributed by atoms with Crippen molar-refractivity contribution in [3.05, 3.63) is 42.7 Å². The fourth-order valence-electron chi connectivity index (χ4n) is 2.03. The number of hydrazone groups is 1. The van der Waals surface area contributed by atoms with Gasteiger partial charge < -0.3 is 19.7 Å². The van der Waals surface area contributed by atoms with Gasteiger partial charge in [0.05, 0.1) is 22.3 Å². The van der Waals surface area contributed by atoms with E-state index in [0.717, 1.165) is 0 Å². The normalized spacial score (nSPS) is 10.9. The average Bonchev–Trinajstić information content (AvgIpc) is 2.66. The summed E-state index contributed by atoms with van der Waals surface area (Å²) < 4.78 is 11.7. The number of aromatic hydroxyl groups is 2. The summed E-state index contributed by atoms with van der Waals surface area (Å²) in [7, 11) is 1.55. The second-order valence-corrected chi connectivity index (χ2v) is 7.68. The lowest BCUT2D eigenvalue weighted by Crippen LogP contribution is -2.24. The third-order valence-electron chi connectivity index (χ3n) is 3.49. The molecule has 1 amide bonds. The molecule has 7 nitrogen and oxygen atoms in total. The molecule has 2 rings (SSSR count). The Labute approximate surface area is 180 Å². The molecule has 0 saturated heterocycles. The molecule has 3 N–H and O–H groups in total. The van der Waals surface area contributed by atoms with Crippen LogP contribution in [0.4, 0.5) is 0 Å². The van der Waals surface area contributed by atoms with Gasteiger partial charge >= 0.3 is 0 Å². The lowest BCUT2D eigenvalue weighted by molar-refractivity contribution is -0.123. The zero-order chi connectivity index (χ0) is 20.1. The molecule has 10 heteroatoms. The van der Waals surface area contributed by atoms with E-state index in [2.05, 4.69) is 58.3 Å². The van der Waals surface area contributed by atoms with Crippen LogP contribution in [0.5, 0.6) is 23.0 Å². The number of phenols is 2.